The molecule has 76 valence electrons. The lowest BCUT2D eigenvalue weighted by Crippen LogP contribution is -1.89. The number of aromatic nitrogens is 1. The van der Waals surface area contributed by atoms with E-state index in [0.29, 0.717) is 5.92 Å². The van der Waals surface area contributed by atoms with Gasteiger partial charge in [0, 0.05) is 24.1 Å². The summed E-state index contributed by atoms with van der Waals surface area (Å²) >= 11 is 0. The third-order valence-electron chi connectivity index (χ3n) is 2.80. The van der Waals surface area contributed by atoms with Crippen molar-refractivity contribution in [3.63, 3.8) is 0 Å². The zero-order chi connectivity index (χ0) is 11.0. The van der Waals surface area contributed by atoms with Crippen molar-refractivity contribution in [3.8, 4) is 6.07 Å². The van der Waals surface area contributed by atoms with Crippen molar-refractivity contribution in [2.24, 2.45) is 7.05 Å². The smallest absolute Gasteiger partial charge is 0.101 e. The maximum absolute atomic E-state index is 8.96. The van der Waals surface area contributed by atoms with E-state index in [9.17, 15) is 0 Å². The molecule has 0 aliphatic carbocycles. The molecule has 2 heteroatoms. The van der Waals surface area contributed by atoms with Crippen LogP contribution in [0, 0.1) is 11.3 Å². The van der Waals surface area contributed by atoms with Crippen molar-refractivity contribution in [2.75, 3.05) is 0 Å². The van der Waals surface area contributed by atoms with E-state index in [4.69, 9.17) is 5.26 Å². The standard InChI is InChI=1S/C13H14N2/c1-9(2)10-4-5-12-11(7-14)8-15(3)13(12)6-10/h4-6,8-9H,1-3H3. The van der Waals surface area contributed by atoms with E-state index >= 15 is 0 Å². The van der Waals surface area contributed by atoms with Crippen LogP contribution in [0.25, 0.3) is 10.9 Å². The Labute approximate surface area is 89.7 Å². The van der Waals surface area contributed by atoms with Crippen LogP contribution >= 0.6 is 0 Å². The zero-order valence-corrected chi connectivity index (χ0v) is 9.28. The third-order valence-corrected chi connectivity index (χ3v) is 2.80. The number of benzene rings is 1. The van der Waals surface area contributed by atoms with Gasteiger partial charge in [-0.1, -0.05) is 26.0 Å². The minimum atomic E-state index is 0.523. The molecule has 1 heterocycles. The van der Waals surface area contributed by atoms with Crippen molar-refractivity contribution in [3.05, 3.63) is 35.5 Å². The van der Waals surface area contributed by atoms with E-state index in [0.717, 1.165) is 16.5 Å². The fourth-order valence-electron chi connectivity index (χ4n) is 1.85. The van der Waals surface area contributed by atoms with Crippen molar-refractivity contribution in [1.29, 1.82) is 5.26 Å². The van der Waals surface area contributed by atoms with Gasteiger partial charge in [0.25, 0.3) is 0 Å². The molecule has 0 N–H and O–H groups in total. The second kappa shape index (κ2) is 3.43. The third kappa shape index (κ3) is 1.50. The molecule has 15 heavy (non-hydrogen) atoms. The minimum absolute atomic E-state index is 0.523. The van der Waals surface area contributed by atoms with Gasteiger partial charge in [-0.25, -0.2) is 0 Å². The topological polar surface area (TPSA) is 28.7 Å². The van der Waals surface area contributed by atoms with Gasteiger partial charge in [0.1, 0.15) is 6.07 Å². The lowest BCUT2D eigenvalue weighted by Gasteiger charge is -2.05. The van der Waals surface area contributed by atoms with Gasteiger partial charge in [-0.2, -0.15) is 5.26 Å². The Kier molecular flexibility index (Phi) is 2.24. The molecule has 2 rings (SSSR count). The van der Waals surface area contributed by atoms with Crippen molar-refractivity contribution in [1.82, 2.24) is 4.57 Å². The van der Waals surface area contributed by atoms with Crippen LogP contribution in [0.1, 0.15) is 30.9 Å². The Morgan fingerprint density at radius 1 is 1.33 bits per heavy atom. The van der Waals surface area contributed by atoms with Crippen molar-refractivity contribution >= 4 is 10.9 Å². The van der Waals surface area contributed by atoms with Gasteiger partial charge in [-0.15, -0.1) is 0 Å². The average Bonchev–Trinajstić information content (AvgIpc) is 2.55. The number of nitrogens with zero attached hydrogens (tertiary/aromatic N) is 2. The molecule has 2 aromatic rings. The fraction of sp³-hybridized carbons (Fsp3) is 0.308. The van der Waals surface area contributed by atoms with Crippen LogP contribution in [0.2, 0.25) is 0 Å². The molecule has 0 bridgehead atoms. The monoisotopic (exact) mass is 198 g/mol. The summed E-state index contributed by atoms with van der Waals surface area (Å²) in [5.74, 6) is 0.523. The van der Waals surface area contributed by atoms with Crippen LogP contribution in [-0.4, -0.2) is 4.57 Å². The summed E-state index contributed by atoms with van der Waals surface area (Å²) in [4.78, 5) is 0. The Bertz CT molecular complexity index is 541. The molecule has 0 amide bonds. The molecule has 0 fully saturated rings. The number of aryl methyl sites for hydroxylation is 1. The molecule has 0 aliphatic heterocycles. The Balaban J connectivity index is 2.73. The van der Waals surface area contributed by atoms with Crippen LogP contribution in [-0.2, 0) is 7.05 Å². The first-order valence-corrected chi connectivity index (χ1v) is 5.12. The summed E-state index contributed by atoms with van der Waals surface area (Å²) in [6.45, 7) is 4.35. The van der Waals surface area contributed by atoms with Crippen LogP contribution < -0.4 is 0 Å². The molecule has 0 atom stereocenters. The van der Waals surface area contributed by atoms with Crippen LogP contribution in [0.3, 0.4) is 0 Å². The average molecular weight is 198 g/mol. The van der Waals surface area contributed by atoms with Crippen LogP contribution in [0.15, 0.2) is 24.4 Å². The summed E-state index contributed by atoms with van der Waals surface area (Å²) in [7, 11) is 1.98. The lowest BCUT2D eigenvalue weighted by molar-refractivity contribution is 0.865. The highest BCUT2D eigenvalue weighted by Gasteiger charge is 2.07. The fourth-order valence-corrected chi connectivity index (χ4v) is 1.85. The summed E-state index contributed by atoms with van der Waals surface area (Å²) in [5, 5.41) is 10.0. The number of hydrogen-bond donors (Lipinski definition) is 0. The first kappa shape index (κ1) is 9.79. The zero-order valence-electron chi connectivity index (χ0n) is 9.28. The van der Waals surface area contributed by atoms with Gasteiger partial charge in [-0.05, 0) is 17.5 Å². The van der Waals surface area contributed by atoms with Gasteiger partial charge >= 0.3 is 0 Å². The lowest BCUT2D eigenvalue weighted by atomic mass is 10.0. The van der Waals surface area contributed by atoms with Gasteiger partial charge in [-0.3, -0.25) is 0 Å². The summed E-state index contributed by atoms with van der Waals surface area (Å²) in [6.07, 6.45) is 1.88. The highest BCUT2D eigenvalue weighted by molar-refractivity contribution is 5.86. The molecule has 1 aromatic heterocycles. The number of hydrogen-bond acceptors (Lipinski definition) is 1. The number of nitriles is 1. The predicted octanol–water partition coefficient (Wildman–Crippen LogP) is 3.17. The number of fused-ring (bicyclic) bond motifs is 1. The molecular formula is C13H14N2. The van der Waals surface area contributed by atoms with Crippen LogP contribution in [0.5, 0.6) is 0 Å². The first-order chi connectivity index (χ1) is 7.13. The highest BCUT2D eigenvalue weighted by atomic mass is 14.9. The van der Waals surface area contributed by atoms with Crippen molar-refractivity contribution < 1.29 is 0 Å². The SMILES string of the molecule is CC(C)c1ccc2c(C#N)cn(C)c2c1. The maximum Gasteiger partial charge on any atom is 0.101 e. The second-order valence-corrected chi connectivity index (χ2v) is 4.20. The van der Waals surface area contributed by atoms with Gasteiger partial charge in [0.15, 0.2) is 0 Å². The molecule has 0 saturated heterocycles. The normalized spacial score (nSPS) is 10.9. The summed E-state index contributed by atoms with van der Waals surface area (Å²) < 4.78 is 2.01. The van der Waals surface area contributed by atoms with Gasteiger partial charge in [0.05, 0.1) is 5.56 Å². The van der Waals surface area contributed by atoms with E-state index in [1.165, 1.54) is 5.56 Å². The Morgan fingerprint density at radius 2 is 2.07 bits per heavy atom. The van der Waals surface area contributed by atoms with E-state index in [1.54, 1.807) is 0 Å². The number of rotatable bonds is 1. The molecule has 0 aliphatic rings. The largest absolute Gasteiger partial charge is 0.349 e. The maximum atomic E-state index is 8.96. The quantitative estimate of drug-likeness (QED) is 0.691. The minimum Gasteiger partial charge on any atom is -0.349 e. The molecule has 0 saturated carbocycles. The summed E-state index contributed by atoms with van der Waals surface area (Å²) in [5.41, 5.74) is 3.20. The molecule has 2 nitrogen and oxygen atoms in total. The first-order valence-electron chi connectivity index (χ1n) is 5.12. The van der Waals surface area contributed by atoms with Crippen molar-refractivity contribution in [2.45, 2.75) is 19.8 Å². The highest BCUT2D eigenvalue weighted by Crippen LogP contribution is 2.24. The Morgan fingerprint density at radius 3 is 2.67 bits per heavy atom. The van der Waals surface area contributed by atoms with E-state index in [-0.39, 0.29) is 0 Å². The van der Waals surface area contributed by atoms with Gasteiger partial charge in [0.2, 0.25) is 0 Å². The summed E-state index contributed by atoms with van der Waals surface area (Å²) in [6, 6.07) is 8.54. The molecular weight excluding hydrogens is 184 g/mol. The molecule has 0 spiro atoms. The predicted molar refractivity (Wildman–Crippen MR) is 61.7 cm³/mol. The second-order valence-electron chi connectivity index (χ2n) is 4.20. The Hall–Kier alpha value is -1.75. The molecule has 0 unspecified atom stereocenters. The van der Waals surface area contributed by atoms with Crippen LogP contribution in [0.4, 0.5) is 0 Å². The van der Waals surface area contributed by atoms with E-state index < -0.39 is 0 Å². The van der Waals surface area contributed by atoms with Gasteiger partial charge < -0.3 is 4.57 Å². The van der Waals surface area contributed by atoms with E-state index in [1.807, 2.05) is 23.9 Å². The van der Waals surface area contributed by atoms with E-state index in [2.05, 4.69) is 32.0 Å². The molecule has 0 radical (unpaired) electrons. The molecule has 1 aromatic carbocycles.